The number of carbonyl (C=O) groups excluding carboxylic acids is 1. The Kier molecular flexibility index (Phi) is 5.65. The number of anilines is 3. The molecule has 0 atom stereocenters. The van der Waals surface area contributed by atoms with Crippen LogP contribution in [0.5, 0.6) is 5.75 Å². The molecule has 1 amide bonds. The zero-order valence-corrected chi connectivity index (χ0v) is 12.8. The van der Waals surface area contributed by atoms with Crippen molar-refractivity contribution in [3.8, 4) is 5.75 Å². The van der Waals surface area contributed by atoms with Crippen LogP contribution < -0.4 is 15.4 Å². The van der Waals surface area contributed by atoms with Crippen LogP contribution in [-0.4, -0.2) is 19.3 Å². The Morgan fingerprint density at radius 2 is 1.41 bits per heavy atom. The fourth-order valence-electron chi connectivity index (χ4n) is 1.89. The quantitative estimate of drug-likeness (QED) is 0.830. The van der Waals surface area contributed by atoms with Crippen molar-refractivity contribution < 1.29 is 14.3 Å². The third kappa shape index (κ3) is 4.70. The van der Waals surface area contributed by atoms with E-state index in [9.17, 15) is 4.79 Å². The van der Waals surface area contributed by atoms with E-state index in [4.69, 9.17) is 9.47 Å². The summed E-state index contributed by atoms with van der Waals surface area (Å²) in [4.78, 5) is 11.3. The second kappa shape index (κ2) is 7.93. The Balaban J connectivity index is 1.94. The van der Waals surface area contributed by atoms with Crippen LogP contribution in [0, 0.1) is 0 Å². The highest BCUT2D eigenvalue weighted by Crippen LogP contribution is 2.21. The molecule has 0 saturated carbocycles. The van der Waals surface area contributed by atoms with Gasteiger partial charge in [0, 0.05) is 17.1 Å². The monoisotopic (exact) mass is 300 g/mol. The normalized spacial score (nSPS) is 9.91. The summed E-state index contributed by atoms with van der Waals surface area (Å²) < 4.78 is 10.2. The zero-order valence-electron chi connectivity index (χ0n) is 12.8. The van der Waals surface area contributed by atoms with Crippen LogP contribution in [0.25, 0.3) is 0 Å². The van der Waals surface area contributed by atoms with Crippen LogP contribution in [0.15, 0.2) is 48.5 Å². The van der Waals surface area contributed by atoms with Gasteiger partial charge in [-0.3, -0.25) is 5.32 Å². The first-order valence-corrected chi connectivity index (χ1v) is 7.25. The van der Waals surface area contributed by atoms with Gasteiger partial charge in [-0.25, -0.2) is 4.79 Å². The van der Waals surface area contributed by atoms with E-state index in [0.717, 1.165) is 17.1 Å². The van der Waals surface area contributed by atoms with Gasteiger partial charge in [-0.1, -0.05) is 0 Å². The van der Waals surface area contributed by atoms with E-state index in [2.05, 4.69) is 10.6 Å². The first-order chi connectivity index (χ1) is 10.7. The largest absolute Gasteiger partial charge is 0.494 e. The summed E-state index contributed by atoms with van der Waals surface area (Å²) in [6, 6.07) is 15.1. The number of rotatable bonds is 6. The smallest absolute Gasteiger partial charge is 0.411 e. The van der Waals surface area contributed by atoms with Gasteiger partial charge >= 0.3 is 6.09 Å². The first kappa shape index (κ1) is 15.7. The van der Waals surface area contributed by atoms with Crippen molar-refractivity contribution >= 4 is 23.2 Å². The number of carbonyl (C=O) groups is 1. The van der Waals surface area contributed by atoms with E-state index in [1.165, 1.54) is 0 Å². The molecule has 0 aliphatic carbocycles. The predicted octanol–water partition coefficient (Wildman–Crippen LogP) is 4.40. The Hall–Kier alpha value is -2.69. The minimum absolute atomic E-state index is 0.350. The van der Waals surface area contributed by atoms with Gasteiger partial charge in [-0.2, -0.15) is 0 Å². The molecule has 0 unspecified atom stereocenters. The minimum atomic E-state index is -0.449. The van der Waals surface area contributed by atoms with E-state index >= 15 is 0 Å². The lowest BCUT2D eigenvalue weighted by molar-refractivity contribution is 0.168. The molecule has 116 valence electrons. The van der Waals surface area contributed by atoms with Crippen molar-refractivity contribution in [1.29, 1.82) is 0 Å². The zero-order chi connectivity index (χ0) is 15.8. The predicted molar refractivity (Wildman–Crippen MR) is 88.0 cm³/mol. The van der Waals surface area contributed by atoms with Gasteiger partial charge in [0.2, 0.25) is 0 Å². The molecule has 0 radical (unpaired) electrons. The molecule has 2 aromatic rings. The van der Waals surface area contributed by atoms with Crippen molar-refractivity contribution in [2.45, 2.75) is 13.8 Å². The van der Waals surface area contributed by atoms with Crippen LogP contribution in [0.3, 0.4) is 0 Å². The molecule has 0 bridgehead atoms. The molecular weight excluding hydrogens is 280 g/mol. The van der Waals surface area contributed by atoms with Crippen LogP contribution in [0.2, 0.25) is 0 Å². The summed E-state index contributed by atoms with van der Waals surface area (Å²) in [6.07, 6.45) is -0.449. The van der Waals surface area contributed by atoms with Gasteiger partial charge in [0.25, 0.3) is 0 Å². The van der Waals surface area contributed by atoms with Crippen molar-refractivity contribution in [3.05, 3.63) is 48.5 Å². The Bertz CT molecular complexity index is 594. The molecule has 0 aliphatic rings. The highest BCUT2D eigenvalue weighted by molar-refractivity contribution is 5.84. The molecule has 0 aliphatic heterocycles. The van der Waals surface area contributed by atoms with Gasteiger partial charge in [0.1, 0.15) is 5.75 Å². The highest BCUT2D eigenvalue weighted by atomic mass is 16.5. The third-order valence-corrected chi connectivity index (χ3v) is 2.86. The van der Waals surface area contributed by atoms with E-state index < -0.39 is 6.09 Å². The van der Waals surface area contributed by atoms with Gasteiger partial charge in [-0.05, 0) is 62.4 Å². The van der Waals surface area contributed by atoms with Crippen molar-refractivity contribution in [1.82, 2.24) is 0 Å². The average molecular weight is 300 g/mol. The van der Waals surface area contributed by atoms with E-state index in [-0.39, 0.29) is 0 Å². The van der Waals surface area contributed by atoms with Gasteiger partial charge in [0.15, 0.2) is 0 Å². The lowest BCUT2D eigenvalue weighted by Gasteiger charge is -2.09. The standard InChI is InChI=1S/C17H20N2O3/c1-3-21-16-11-9-14(10-12-16)18-13-5-7-15(8-6-13)19-17(20)22-4-2/h5-12,18H,3-4H2,1-2H3,(H,19,20). The average Bonchev–Trinajstić information content (AvgIpc) is 2.52. The summed E-state index contributed by atoms with van der Waals surface area (Å²) in [6.45, 7) is 4.73. The molecule has 0 fully saturated rings. The maximum atomic E-state index is 11.3. The molecular formula is C17H20N2O3. The molecule has 2 rings (SSSR count). The van der Waals surface area contributed by atoms with Crippen LogP contribution in [-0.2, 0) is 4.74 Å². The van der Waals surface area contributed by atoms with Gasteiger partial charge < -0.3 is 14.8 Å². The molecule has 0 spiro atoms. The summed E-state index contributed by atoms with van der Waals surface area (Å²) in [5.41, 5.74) is 2.59. The van der Waals surface area contributed by atoms with Crippen LogP contribution >= 0.6 is 0 Å². The lowest BCUT2D eigenvalue weighted by atomic mass is 10.2. The Labute approximate surface area is 130 Å². The summed E-state index contributed by atoms with van der Waals surface area (Å²) >= 11 is 0. The second-order valence-electron chi connectivity index (χ2n) is 4.51. The van der Waals surface area contributed by atoms with Crippen molar-refractivity contribution in [2.75, 3.05) is 23.8 Å². The number of nitrogens with one attached hydrogen (secondary N) is 2. The molecule has 2 N–H and O–H groups in total. The number of hydrogen-bond acceptors (Lipinski definition) is 4. The number of amides is 1. The summed E-state index contributed by atoms with van der Waals surface area (Å²) in [7, 11) is 0. The molecule has 5 heteroatoms. The van der Waals surface area contributed by atoms with Crippen molar-refractivity contribution in [2.24, 2.45) is 0 Å². The number of benzene rings is 2. The summed E-state index contributed by atoms with van der Waals surface area (Å²) in [5.74, 6) is 0.849. The first-order valence-electron chi connectivity index (χ1n) is 7.25. The number of ether oxygens (including phenoxy) is 2. The molecule has 5 nitrogen and oxygen atoms in total. The second-order valence-corrected chi connectivity index (χ2v) is 4.51. The van der Waals surface area contributed by atoms with E-state index in [0.29, 0.717) is 18.9 Å². The van der Waals surface area contributed by atoms with Crippen molar-refractivity contribution in [3.63, 3.8) is 0 Å². The van der Waals surface area contributed by atoms with E-state index in [1.807, 2.05) is 55.5 Å². The Morgan fingerprint density at radius 1 is 0.864 bits per heavy atom. The lowest BCUT2D eigenvalue weighted by Crippen LogP contribution is -2.13. The van der Waals surface area contributed by atoms with Crippen LogP contribution in [0.1, 0.15) is 13.8 Å². The van der Waals surface area contributed by atoms with E-state index in [1.54, 1.807) is 6.92 Å². The van der Waals surface area contributed by atoms with Crippen LogP contribution in [0.4, 0.5) is 21.9 Å². The molecule has 2 aromatic carbocycles. The maximum absolute atomic E-state index is 11.3. The minimum Gasteiger partial charge on any atom is -0.494 e. The van der Waals surface area contributed by atoms with Gasteiger partial charge in [0.05, 0.1) is 13.2 Å². The SMILES string of the molecule is CCOC(=O)Nc1ccc(Nc2ccc(OCC)cc2)cc1. The molecule has 22 heavy (non-hydrogen) atoms. The molecule has 0 saturated heterocycles. The summed E-state index contributed by atoms with van der Waals surface area (Å²) in [5, 5.41) is 5.93. The van der Waals surface area contributed by atoms with Gasteiger partial charge in [-0.15, -0.1) is 0 Å². The fraction of sp³-hybridized carbons (Fsp3) is 0.235. The topological polar surface area (TPSA) is 59.6 Å². The fourth-order valence-corrected chi connectivity index (χ4v) is 1.89. The maximum Gasteiger partial charge on any atom is 0.411 e. The number of hydrogen-bond donors (Lipinski definition) is 2. The Morgan fingerprint density at radius 3 is 1.95 bits per heavy atom. The molecule has 0 aromatic heterocycles. The highest BCUT2D eigenvalue weighted by Gasteiger charge is 2.02. The molecule has 0 heterocycles. The third-order valence-electron chi connectivity index (χ3n) is 2.86.